The van der Waals surface area contributed by atoms with Gasteiger partial charge in [-0.1, -0.05) is 36.4 Å². The number of pyridine rings is 1. The third-order valence-electron chi connectivity index (χ3n) is 4.88. The van der Waals surface area contributed by atoms with E-state index in [1.54, 1.807) is 0 Å². The van der Waals surface area contributed by atoms with Crippen molar-refractivity contribution in [2.24, 2.45) is 0 Å². The second-order valence-corrected chi connectivity index (χ2v) is 6.32. The van der Waals surface area contributed by atoms with Crippen molar-refractivity contribution in [1.82, 2.24) is 19.3 Å². The zero-order valence-electron chi connectivity index (χ0n) is 14.5. The van der Waals surface area contributed by atoms with Gasteiger partial charge in [0.1, 0.15) is 0 Å². The molecular weight excluding hydrogens is 320 g/mol. The zero-order chi connectivity index (χ0) is 17.5. The summed E-state index contributed by atoms with van der Waals surface area (Å²) in [6.07, 6.45) is 6.02. The van der Waals surface area contributed by atoms with Crippen molar-refractivity contribution in [3.05, 3.63) is 79.3 Å². The van der Waals surface area contributed by atoms with E-state index >= 15 is 0 Å². The van der Waals surface area contributed by atoms with Gasteiger partial charge in [-0.15, -0.1) is 0 Å². The maximum absolute atomic E-state index is 4.54. The summed E-state index contributed by atoms with van der Waals surface area (Å²) in [5, 5.41) is 6.81. The van der Waals surface area contributed by atoms with E-state index < -0.39 is 0 Å². The van der Waals surface area contributed by atoms with E-state index in [-0.39, 0.29) is 0 Å². The number of aryl methyl sites for hydroxylation is 1. The fourth-order valence-electron chi connectivity index (χ4n) is 3.64. The van der Waals surface area contributed by atoms with Crippen LogP contribution in [0.5, 0.6) is 0 Å². The number of hydrogen-bond donors (Lipinski definition) is 0. The Hall–Kier alpha value is -3.40. The van der Waals surface area contributed by atoms with Gasteiger partial charge in [0.2, 0.25) is 0 Å². The van der Waals surface area contributed by atoms with E-state index in [1.807, 2.05) is 23.1 Å². The minimum absolute atomic E-state index is 0.811. The standard InChI is InChI=1S/C22H18N4/c1-2-26-22-19(14-24-26)17(12-13-23-22)20-15-25(16-8-4-3-5-9-16)21-11-7-6-10-18(20)21/h3-15H,2H2,1H3. The molecular formula is C22H18N4. The first kappa shape index (κ1) is 14.9. The number of para-hydroxylation sites is 2. The van der Waals surface area contributed by atoms with E-state index in [0.717, 1.165) is 23.3 Å². The van der Waals surface area contributed by atoms with Crippen LogP contribution in [-0.2, 0) is 6.54 Å². The molecule has 5 rings (SSSR count). The zero-order valence-corrected chi connectivity index (χ0v) is 14.5. The minimum Gasteiger partial charge on any atom is -0.316 e. The van der Waals surface area contributed by atoms with Crippen molar-refractivity contribution in [3.63, 3.8) is 0 Å². The largest absolute Gasteiger partial charge is 0.316 e. The smallest absolute Gasteiger partial charge is 0.158 e. The molecule has 0 fully saturated rings. The summed E-state index contributed by atoms with van der Waals surface area (Å²) in [7, 11) is 0. The molecule has 2 aromatic carbocycles. The monoisotopic (exact) mass is 338 g/mol. The molecule has 0 saturated heterocycles. The Balaban J connectivity index is 1.83. The Morgan fingerprint density at radius 2 is 1.65 bits per heavy atom. The molecule has 0 atom stereocenters. The Bertz CT molecular complexity index is 1220. The van der Waals surface area contributed by atoms with Crippen molar-refractivity contribution in [3.8, 4) is 16.8 Å². The van der Waals surface area contributed by atoms with Crippen LogP contribution in [0.15, 0.2) is 79.3 Å². The van der Waals surface area contributed by atoms with Gasteiger partial charge < -0.3 is 4.57 Å². The number of aromatic nitrogens is 4. The van der Waals surface area contributed by atoms with Crippen molar-refractivity contribution in [2.75, 3.05) is 0 Å². The van der Waals surface area contributed by atoms with Gasteiger partial charge in [0.15, 0.2) is 5.65 Å². The van der Waals surface area contributed by atoms with Crippen LogP contribution in [0.4, 0.5) is 0 Å². The molecule has 0 aliphatic carbocycles. The number of benzene rings is 2. The summed E-state index contributed by atoms with van der Waals surface area (Å²) in [6, 6.07) is 21.1. The molecule has 0 radical (unpaired) electrons. The Morgan fingerprint density at radius 3 is 2.50 bits per heavy atom. The SMILES string of the molecule is CCn1ncc2c(-c3cn(-c4ccccc4)c4ccccc34)ccnc21. The molecule has 0 amide bonds. The predicted molar refractivity (Wildman–Crippen MR) is 105 cm³/mol. The average molecular weight is 338 g/mol. The molecule has 0 aliphatic heterocycles. The molecule has 0 spiro atoms. The van der Waals surface area contributed by atoms with Gasteiger partial charge in [0.25, 0.3) is 0 Å². The number of hydrogen-bond acceptors (Lipinski definition) is 2. The highest BCUT2D eigenvalue weighted by atomic mass is 15.3. The highest BCUT2D eigenvalue weighted by Gasteiger charge is 2.15. The number of fused-ring (bicyclic) bond motifs is 2. The highest BCUT2D eigenvalue weighted by molar-refractivity contribution is 6.04. The van der Waals surface area contributed by atoms with Crippen LogP contribution < -0.4 is 0 Å². The lowest BCUT2D eigenvalue weighted by Gasteiger charge is -2.04. The number of rotatable bonds is 3. The molecule has 4 nitrogen and oxygen atoms in total. The molecule has 3 heterocycles. The lowest BCUT2D eigenvalue weighted by molar-refractivity contribution is 0.677. The fraction of sp³-hybridized carbons (Fsp3) is 0.0909. The van der Waals surface area contributed by atoms with Crippen LogP contribution in [0.2, 0.25) is 0 Å². The molecule has 126 valence electrons. The van der Waals surface area contributed by atoms with E-state index in [0.29, 0.717) is 0 Å². The van der Waals surface area contributed by atoms with Crippen LogP contribution in [0, 0.1) is 0 Å². The molecule has 4 heteroatoms. The average Bonchev–Trinajstić information content (AvgIpc) is 3.30. The van der Waals surface area contributed by atoms with E-state index in [2.05, 4.69) is 82.4 Å². The van der Waals surface area contributed by atoms with Crippen molar-refractivity contribution in [2.45, 2.75) is 13.5 Å². The maximum Gasteiger partial charge on any atom is 0.158 e. The molecule has 0 unspecified atom stereocenters. The summed E-state index contributed by atoms with van der Waals surface area (Å²) in [5.41, 5.74) is 5.65. The molecule has 5 aromatic rings. The van der Waals surface area contributed by atoms with Crippen molar-refractivity contribution in [1.29, 1.82) is 0 Å². The van der Waals surface area contributed by atoms with Crippen LogP contribution in [-0.4, -0.2) is 19.3 Å². The molecule has 26 heavy (non-hydrogen) atoms. The molecule has 0 bridgehead atoms. The predicted octanol–water partition coefficient (Wildman–Crippen LogP) is 5.06. The van der Waals surface area contributed by atoms with E-state index in [4.69, 9.17) is 0 Å². The third-order valence-corrected chi connectivity index (χ3v) is 4.88. The quantitative estimate of drug-likeness (QED) is 0.461. The van der Waals surface area contributed by atoms with Gasteiger partial charge in [-0.05, 0) is 36.8 Å². The van der Waals surface area contributed by atoms with E-state index in [1.165, 1.54) is 22.0 Å². The summed E-state index contributed by atoms with van der Waals surface area (Å²) in [5.74, 6) is 0. The lowest BCUT2D eigenvalue weighted by Crippen LogP contribution is -1.96. The summed E-state index contributed by atoms with van der Waals surface area (Å²) in [4.78, 5) is 4.54. The maximum atomic E-state index is 4.54. The van der Waals surface area contributed by atoms with Crippen LogP contribution in [0.1, 0.15) is 6.92 Å². The second-order valence-electron chi connectivity index (χ2n) is 6.32. The van der Waals surface area contributed by atoms with Crippen LogP contribution in [0.25, 0.3) is 38.8 Å². The molecule has 0 saturated carbocycles. The van der Waals surface area contributed by atoms with Gasteiger partial charge >= 0.3 is 0 Å². The van der Waals surface area contributed by atoms with Gasteiger partial charge in [-0.25, -0.2) is 9.67 Å². The highest BCUT2D eigenvalue weighted by Crippen LogP contribution is 2.35. The molecule has 0 N–H and O–H groups in total. The van der Waals surface area contributed by atoms with E-state index in [9.17, 15) is 0 Å². The van der Waals surface area contributed by atoms with Gasteiger partial charge in [-0.3, -0.25) is 0 Å². The second kappa shape index (κ2) is 5.85. The third kappa shape index (κ3) is 2.15. The topological polar surface area (TPSA) is 35.6 Å². The fourth-order valence-corrected chi connectivity index (χ4v) is 3.64. The van der Waals surface area contributed by atoms with Gasteiger partial charge in [0, 0.05) is 41.0 Å². The summed E-state index contributed by atoms with van der Waals surface area (Å²) >= 11 is 0. The Kier molecular flexibility index (Phi) is 3.35. The minimum atomic E-state index is 0.811. The van der Waals surface area contributed by atoms with Crippen LogP contribution in [0.3, 0.4) is 0 Å². The van der Waals surface area contributed by atoms with Crippen molar-refractivity contribution >= 4 is 21.9 Å². The van der Waals surface area contributed by atoms with Gasteiger partial charge in [-0.2, -0.15) is 5.10 Å². The number of nitrogens with zero attached hydrogens (tertiary/aromatic N) is 4. The van der Waals surface area contributed by atoms with Gasteiger partial charge in [0.05, 0.1) is 11.7 Å². The summed E-state index contributed by atoms with van der Waals surface area (Å²) in [6.45, 7) is 2.90. The molecule has 0 aliphatic rings. The Morgan fingerprint density at radius 1 is 0.846 bits per heavy atom. The first-order chi connectivity index (χ1) is 12.9. The Labute approximate surface area is 151 Å². The molecule has 3 aromatic heterocycles. The lowest BCUT2D eigenvalue weighted by atomic mass is 10.0. The van der Waals surface area contributed by atoms with Crippen LogP contribution >= 0.6 is 0 Å². The first-order valence-corrected chi connectivity index (χ1v) is 8.83. The normalized spacial score (nSPS) is 11.4. The van der Waals surface area contributed by atoms with Crippen molar-refractivity contribution < 1.29 is 0 Å². The first-order valence-electron chi connectivity index (χ1n) is 8.83. The summed E-state index contributed by atoms with van der Waals surface area (Å²) < 4.78 is 4.19.